The van der Waals surface area contributed by atoms with Crippen molar-refractivity contribution >= 4 is 118 Å². The molecule has 21 valence electrons. The van der Waals surface area contributed by atoms with Crippen molar-refractivity contribution in [1.82, 2.24) is 0 Å². The molecule has 0 amide bonds. The minimum atomic E-state index is 0. The predicted molar refractivity (Wildman–Crippen MR) is 31.4 cm³/mol. The van der Waals surface area contributed by atoms with Crippen LogP contribution in [0.2, 0.25) is 0 Å². The van der Waals surface area contributed by atoms with E-state index in [9.17, 15) is 0 Å². The number of hydrogen-bond acceptors (Lipinski definition) is 0. The van der Waals surface area contributed by atoms with E-state index in [-0.39, 0.29) is 104 Å². The summed E-state index contributed by atoms with van der Waals surface area (Å²) in [5.41, 5.74) is 0. The topological polar surface area (TPSA) is 0 Å². The van der Waals surface area contributed by atoms with Crippen LogP contribution in [-0.2, 0) is 14.1 Å². The molecule has 0 saturated carbocycles. The van der Waals surface area contributed by atoms with Crippen molar-refractivity contribution < 1.29 is 14.1 Å². The van der Waals surface area contributed by atoms with Gasteiger partial charge in [-0.2, -0.15) is 0 Å². The van der Waals surface area contributed by atoms with Gasteiger partial charge in [-0.25, -0.2) is 0 Å². The maximum absolute atomic E-state index is 3.39. The van der Waals surface area contributed by atoms with Gasteiger partial charge in [-0.15, -0.1) is 0 Å². The average Bonchev–Trinajstić information content (AvgIpc) is 1.00. The van der Waals surface area contributed by atoms with Crippen LogP contribution in [-0.4, -0.2) is 118 Å². The van der Waals surface area contributed by atoms with Crippen molar-refractivity contribution in [1.29, 1.82) is 0 Å². The van der Waals surface area contributed by atoms with Crippen molar-refractivity contribution in [2.45, 2.75) is 0 Å². The van der Waals surface area contributed by atoms with Gasteiger partial charge >= 0.3 is 133 Å². The first kappa shape index (κ1) is 22.7. The van der Waals surface area contributed by atoms with Crippen LogP contribution in [0.1, 0.15) is 0 Å². The van der Waals surface area contributed by atoms with Gasteiger partial charge in [0.2, 0.25) is 0 Å². The van der Waals surface area contributed by atoms with Crippen molar-refractivity contribution in [2.24, 2.45) is 0 Å². The number of hydrogen-bond donors (Lipinski definition) is 0. The average molecular weight is 175 g/mol. The molecule has 0 aliphatic heterocycles. The molecule has 0 unspecified atom stereocenters. The molecule has 0 N–H and O–H groups in total. The fraction of sp³-hybridized carbons (Fsp3) is 0. The molecule has 0 rings (SSSR count). The Labute approximate surface area is 129 Å². The van der Waals surface area contributed by atoms with Crippen molar-refractivity contribution in [3.05, 3.63) is 0 Å². The molecular weight excluding hydrogens is 169 g/mol. The zero-order valence-electron chi connectivity index (χ0n) is 1.35. The van der Waals surface area contributed by atoms with Crippen molar-refractivity contribution in [3.8, 4) is 0 Å². The Kier molecular flexibility index (Phi) is 108. The van der Waals surface area contributed by atoms with E-state index in [0.717, 1.165) is 14.4 Å². The van der Waals surface area contributed by atoms with Crippen LogP contribution in [0.3, 0.4) is 0 Å². The van der Waals surface area contributed by atoms with Crippen LogP contribution in [0.25, 0.3) is 0 Å². The summed E-state index contributed by atoms with van der Waals surface area (Å²) in [6, 6.07) is 0. The van der Waals surface area contributed by atoms with Crippen molar-refractivity contribution in [2.75, 3.05) is 0 Å². The first-order valence-corrected chi connectivity index (χ1v) is 4.37. The van der Waals surface area contributed by atoms with Crippen LogP contribution < -0.4 is 0 Å². The predicted octanol–water partition coefficient (Wildman–Crippen LogP) is -3.13. The Morgan fingerprint density at radius 2 is 1.20 bits per heavy atom. The molecule has 0 aromatic carbocycles. The Morgan fingerprint density at radius 1 is 1.20 bits per heavy atom. The molecule has 0 aromatic heterocycles. The number of rotatable bonds is 0. The molecule has 0 saturated heterocycles. The van der Waals surface area contributed by atoms with Gasteiger partial charge in [-0.3, -0.25) is 0 Å². The van der Waals surface area contributed by atoms with E-state index in [1.807, 2.05) is 0 Å². The first-order valence-electron chi connectivity index (χ1n) is 0.354. The summed E-state index contributed by atoms with van der Waals surface area (Å²) >= 11 is 4.44. The third-order valence-electron chi connectivity index (χ3n) is 0. The Balaban J connectivity index is -0.00000000167. The van der Waals surface area contributed by atoms with Gasteiger partial charge in [0, 0.05) is 0 Å². The summed E-state index contributed by atoms with van der Waals surface area (Å²) in [5.74, 6) is 0. The molecule has 0 nitrogen and oxygen atoms in total. The van der Waals surface area contributed by atoms with Gasteiger partial charge in [0.25, 0.3) is 0 Å². The Bertz CT molecular complexity index is 11.6. The molecule has 0 heterocycles. The summed E-state index contributed by atoms with van der Waals surface area (Å²) in [4.78, 5) is 0. The van der Waals surface area contributed by atoms with Crippen LogP contribution in [0.15, 0.2) is 0 Å². The normalized spacial score (nSPS) is 1.00. The van der Waals surface area contributed by atoms with Gasteiger partial charge in [-0.1, -0.05) is 0 Å². The second-order valence-electron chi connectivity index (χ2n) is 0. The quantitative estimate of drug-likeness (QED) is 0.342. The van der Waals surface area contributed by atoms with Gasteiger partial charge in [0.15, 0.2) is 0 Å². The molecular formula is H6AlFeKMgNa. The zero-order chi connectivity index (χ0) is 2.00. The third kappa shape index (κ3) is 17.8. The molecule has 0 aliphatic carbocycles. The van der Waals surface area contributed by atoms with Crippen molar-refractivity contribution in [3.63, 3.8) is 0 Å². The Hall–Kier alpha value is 4.45. The standard InChI is InChI=1S/Al.Fe.K.Mg.Na.6H. The van der Waals surface area contributed by atoms with E-state index in [1.165, 1.54) is 0 Å². The Morgan fingerprint density at radius 3 is 1.20 bits per heavy atom. The van der Waals surface area contributed by atoms with Crippen LogP contribution in [0.4, 0.5) is 0 Å². The van der Waals surface area contributed by atoms with E-state index >= 15 is 0 Å². The summed E-state index contributed by atoms with van der Waals surface area (Å²) in [7, 11) is 0. The summed E-state index contributed by atoms with van der Waals surface area (Å²) in [6.45, 7) is 0. The van der Waals surface area contributed by atoms with E-state index in [0.29, 0.717) is 0 Å². The van der Waals surface area contributed by atoms with E-state index in [1.54, 1.807) is 0 Å². The minimum absolute atomic E-state index is 0. The van der Waals surface area contributed by atoms with E-state index in [4.69, 9.17) is 0 Å². The van der Waals surface area contributed by atoms with Crippen LogP contribution in [0.5, 0.6) is 0 Å². The monoisotopic (exact) mass is 175 g/mol. The molecule has 5 heteroatoms. The second-order valence-corrected chi connectivity index (χ2v) is 0. The molecule has 5 heavy (non-hydrogen) atoms. The summed E-state index contributed by atoms with van der Waals surface area (Å²) in [5, 5.41) is 0. The SMILES string of the molecule is [AlH2][Fe].[KH].[MgH2].[NaH]. The zero-order valence-corrected chi connectivity index (χ0v) is 4.46. The summed E-state index contributed by atoms with van der Waals surface area (Å²) in [6.07, 6.45) is 0. The third-order valence-corrected chi connectivity index (χ3v) is 0. The molecule has 0 bridgehead atoms. The van der Waals surface area contributed by atoms with Crippen LogP contribution in [0, 0.1) is 0 Å². The fourth-order valence-electron chi connectivity index (χ4n) is 0. The second kappa shape index (κ2) is 23.7. The molecule has 0 radical (unpaired) electrons. The first-order chi connectivity index (χ1) is 1.00. The maximum atomic E-state index is 3.39. The molecule has 0 atom stereocenters. The van der Waals surface area contributed by atoms with Gasteiger partial charge < -0.3 is 0 Å². The fourth-order valence-corrected chi connectivity index (χ4v) is 0. The molecule has 0 aliphatic rings. The van der Waals surface area contributed by atoms with Gasteiger partial charge in [-0.05, 0) is 0 Å². The summed E-state index contributed by atoms with van der Waals surface area (Å²) < 4.78 is 0. The van der Waals surface area contributed by atoms with Gasteiger partial charge in [0.05, 0.1) is 0 Å². The van der Waals surface area contributed by atoms with Gasteiger partial charge in [0.1, 0.15) is 0 Å². The molecule has 0 fully saturated rings. The molecule has 0 spiro atoms. The molecule has 0 aromatic rings. The van der Waals surface area contributed by atoms with E-state index in [2.05, 4.69) is 14.1 Å². The van der Waals surface area contributed by atoms with Crippen LogP contribution >= 0.6 is 0 Å². The van der Waals surface area contributed by atoms with E-state index < -0.39 is 0 Å².